The highest BCUT2D eigenvalue weighted by atomic mass is 16.6. The molecule has 2 aromatic heterocycles. The molecule has 2 aromatic carbocycles. The van der Waals surface area contributed by atoms with Gasteiger partial charge in [-0.3, -0.25) is 19.9 Å². The van der Waals surface area contributed by atoms with Gasteiger partial charge in [0.25, 0.3) is 5.69 Å². The molecule has 218 valence electrons. The lowest BCUT2D eigenvalue weighted by atomic mass is 9.81. The number of nitrogens with zero attached hydrogens (tertiary/aromatic N) is 2. The van der Waals surface area contributed by atoms with E-state index in [2.05, 4.69) is 20.6 Å². The molecule has 1 aliphatic carbocycles. The fraction of sp³-hybridized carbons (Fsp3) is 0.344. The van der Waals surface area contributed by atoms with E-state index < -0.39 is 16.6 Å². The number of H-pyrrole nitrogens is 1. The number of nitro groups is 1. The van der Waals surface area contributed by atoms with Crippen LogP contribution < -0.4 is 10.6 Å². The quantitative estimate of drug-likeness (QED) is 0.155. The maximum atomic E-state index is 14.2. The van der Waals surface area contributed by atoms with Crippen molar-refractivity contribution in [2.24, 2.45) is 5.92 Å². The number of hydrogen-bond acceptors (Lipinski definition) is 6. The molecule has 0 saturated heterocycles. The lowest BCUT2D eigenvalue weighted by molar-refractivity contribution is -0.384. The van der Waals surface area contributed by atoms with E-state index in [-0.39, 0.29) is 36.6 Å². The van der Waals surface area contributed by atoms with Crippen molar-refractivity contribution in [2.75, 3.05) is 0 Å². The Morgan fingerprint density at radius 2 is 1.88 bits per heavy atom. The number of nitrogens with one attached hydrogen (secondary N) is 3. The first kappa shape index (κ1) is 28.8. The van der Waals surface area contributed by atoms with Crippen molar-refractivity contribution in [2.45, 2.75) is 63.6 Å². The number of benzene rings is 2. The zero-order valence-electron chi connectivity index (χ0n) is 23.5. The van der Waals surface area contributed by atoms with Crippen LogP contribution in [-0.4, -0.2) is 32.4 Å². The topological polar surface area (TPSA) is 139 Å². The molecule has 10 nitrogen and oxygen atoms in total. The first-order chi connectivity index (χ1) is 20.3. The molecule has 0 spiro atoms. The smallest absolute Gasteiger partial charge is 0.408 e. The molecule has 10 heteroatoms. The fourth-order valence-corrected chi connectivity index (χ4v) is 5.77. The number of pyridine rings is 1. The Hall–Kier alpha value is -4.73. The van der Waals surface area contributed by atoms with Crippen LogP contribution in [0.2, 0.25) is 0 Å². The first-order valence-electron chi connectivity index (χ1n) is 14.3. The SMILES string of the molecule is C[C@@](Cc1c[nH]c2ccccc12)(NC(=O)OCc1cccc([N+](=O)[O-])c1)C(=O)NC(c1ccccn1)C1CCCCC1. The molecule has 3 N–H and O–H groups in total. The third-order valence-corrected chi connectivity index (χ3v) is 8.00. The number of aromatic nitrogens is 2. The Kier molecular flexibility index (Phi) is 8.80. The van der Waals surface area contributed by atoms with Gasteiger partial charge in [0.15, 0.2) is 0 Å². The van der Waals surface area contributed by atoms with Gasteiger partial charge in [0.2, 0.25) is 5.91 Å². The highest BCUT2D eigenvalue weighted by Crippen LogP contribution is 2.34. The van der Waals surface area contributed by atoms with Gasteiger partial charge >= 0.3 is 6.09 Å². The van der Waals surface area contributed by atoms with Gasteiger partial charge < -0.3 is 20.4 Å². The van der Waals surface area contributed by atoms with Gasteiger partial charge in [-0.15, -0.1) is 0 Å². The summed E-state index contributed by atoms with van der Waals surface area (Å²) in [5.74, 6) is -0.114. The number of para-hydroxylation sites is 1. The molecule has 1 saturated carbocycles. The Bertz CT molecular complexity index is 1550. The summed E-state index contributed by atoms with van der Waals surface area (Å²) in [4.78, 5) is 45.8. The Labute approximate surface area is 244 Å². The summed E-state index contributed by atoms with van der Waals surface area (Å²) < 4.78 is 5.45. The van der Waals surface area contributed by atoms with Gasteiger partial charge in [-0.2, -0.15) is 0 Å². The van der Waals surface area contributed by atoms with Crippen molar-refractivity contribution < 1.29 is 19.2 Å². The van der Waals surface area contributed by atoms with E-state index in [1.165, 1.54) is 24.6 Å². The van der Waals surface area contributed by atoms with E-state index in [1.807, 2.05) is 48.7 Å². The molecule has 1 aliphatic rings. The van der Waals surface area contributed by atoms with E-state index in [4.69, 9.17) is 4.74 Å². The Morgan fingerprint density at radius 3 is 2.64 bits per heavy atom. The van der Waals surface area contributed by atoms with Crippen molar-refractivity contribution >= 4 is 28.6 Å². The lowest BCUT2D eigenvalue weighted by Gasteiger charge is -2.35. The van der Waals surface area contributed by atoms with E-state index in [1.54, 1.807) is 19.2 Å². The van der Waals surface area contributed by atoms with Crippen molar-refractivity contribution in [3.63, 3.8) is 0 Å². The molecular formula is C32H35N5O5. The minimum absolute atomic E-state index is 0.0941. The summed E-state index contributed by atoms with van der Waals surface area (Å²) in [5.41, 5.74) is 1.58. The molecule has 1 fully saturated rings. The van der Waals surface area contributed by atoms with Gasteiger partial charge in [-0.25, -0.2) is 4.79 Å². The van der Waals surface area contributed by atoms with Crippen LogP contribution in [0.1, 0.15) is 61.9 Å². The van der Waals surface area contributed by atoms with Crippen molar-refractivity contribution in [3.8, 4) is 0 Å². The minimum atomic E-state index is -1.38. The number of carbonyl (C=O) groups excluding carboxylic acids is 2. The van der Waals surface area contributed by atoms with Crippen LogP contribution in [0, 0.1) is 16.0 Å². The van der Waals surface area contributed by atoms with Gasteiger partial charge in [0.1, 0.15) is 12.1 Å². The highest BCUT2D eigenvalue weighted by Gasteiger charge is 2.39. The number of rotatable bonds is 10. The van der Waals surface area contributed by atoms with Crippen LogP contribution in [-0.2, 0) is 22.6 Å². The zero-order valence-corrected chi connectivity index (χ0v) is 23.5. The molecule has 0 bridgehead atoms. The summed E-state index contributed by atoms with van der Waals surface area (Å²) in [6, 6.07) is 19.1. The van der Waals surface area contributed by atoms with Crippen LogP contribution in [0.5, 0.6) is 0 Å². The summed E-state index contributed by atoms with van der Waals surface area (Å²) >= 11 is 0. The number of hydrogen-bond donors (Lipinski definition) is 3. The number of nitro benzene ring substituents is 1. The van der Waals surface area contributed by atoms with Crippen LogP contribution in [0.3, 0.4) is 0 Å². The average molecular weight is 570 g/mol. The number of ether oxygens (including phenoxy) is 1. The Balaban J connectivity index is 1.39. The lowest BCUT2D eigenvalue weighted by Crippen LogP contribution is -2.59. The fourth-order valence-electron chi connectivity index (χ4n) is 5.77. The molecule has 2 amide bonds. The first-order valence-corrected chi connectivity index (χ1v) is 14.3. The molecule has 42 heavy (non-hydrogen) atoms. The third kappa shape index (κ3) is 6.76. The molecule has 1 unspecified atom stereocenters. The van der Waals surface area contributed by atoms with Gasteiger partial charge in [-0.05, 0) is 55.0 Å². The second kappa shape index (κ2) is 12.8. The highest BCUT2D eigenvalue weighted by molar-refractivity contribution is 5.91. The Morgan fingerprint density at radius 1 is 1.10 bits per heavy atom. The minimum Gasteiger partial charge on any atom is -0.445 e. The molecule has 0 aliphatic heterocycles. The number of carbonyl (C=O) groups is 2. The van der Waals surface area contributed by atoms with E-state index >= 15 is 0 Å². The number of non-ortho nitro benzene ring substituents is 1. The van der Waals surface area contributed by atoms with Crippen LogP contribution >= 0.6 is 0 Å². The summed E-state index contributed by atoms with van der Waals surface area (Å²) in [6.07, 6.45) is 8.32. The average Bonchev–Trinajstić information content (AvgIpc) is 3.42. The number of amides is 2. The van der Waals surface area contributed by atoms with Crippen molar-refractivity contribution in [1.82, 2.24) is 20.6 Å². The zero-order chi connectivity index (χ0) is 29.5. The molecule has 0 radical (unpaired) electrons. The third-order valence-electron chi connectivity index (χ3n) is 8.00. The van der Waals surface area contributed by atoms with Gasteiger partial charge in [0, 0.05) is 41.9 Å². The maximum Gasteiger partial charge on any atom is 0.408 e. The van der Waals surface area contributed by atoms with Crippen LogP contribution in [0.4, 0.5) is 10.5 Å². The van der Waals surface area contributed by atoms with Crippen molar-refractivity contribution in [1.29, 1.82) is 0 Å². The monoisotopic (exact) mass is 569 g/mol. The van der Waals surface area contributed by atoms with E-state index in [0.717, 1.165) is 47.8 Å². The summed E-state index contributed by atoms with van der Waals surface area (Å²) in [5, 5.41) is 18.2. The molecular weight excluding hydrogens is 534 g/mol. The second-order valence-corrected chi connectivity index (χ2v) is 11.1. The largest absolute Gasteiger partial charge is 0.445 e. The van der Waals surface area contributed by atoms with E-state index in [0.29, 0.717) is 5.56 Å². The standard InChI is InChI=1S/C32H35N5O5/c1-32(19-24-20-34-27-15-6-5-14-26(24)27,36-31(39)42-21-22-10-9-13-25(18-22)37(40)41)30(38)35-29(23-11-3-2-4-12-23)28-16-7-8-17-33-28/h5-10,13-18,20,23,29,34H,2-4,11-12,19,21H2,1H3,(H,35,38)(H,36,39)/t29?,32-/m0/s1. The van der Waals surface area contributed by atoms with Crippen LogP contribution in [0.25, 0.3) is 10.9 Å². The molecule has 4 aromatic rings. The van der Waals surface area contributed by atoms with Gasteiger partial charge in [-0.1, -0.05) is 55.7 Å². The molecule has 2 heterocycles. The summed E-state index contributed by atoms with van der Waals surface area (Å²) in [7, 11) is 0. The number of aromatic amines is 1. The second-order valence-electron chi connectivity index (χ2n) is 11.1. The summed E-state index contributed by atoms with van der Waals surface area (Å²) in [6.45, 7) is 1.51. The normalized spacial score (nSPS) is 15.8. The van der Waals surface area contributed by atoms with Crippen LogP contribution in [0.15, 0.2) is 79.1 Å². The predicted octanol–water partition coefficient (Wildman–Crippen LogP) is 6.14. The van der Waals surface area contributed by atoms with E-state index in [9.17, 15) is 19.7 Å². The predicted molar refractivity (Wildman–Crippen MR) is 159 cm³/mol. The number of fused-ring (bicyclic) bond motifs is 1. The number of alkyl carbamates (subject to hydrolysis) is 1. The van der Waals surface area contributed by atoms with Crippen molar-refractivity contribution in [3.05, 3.63) is 106 Å². The molecule has 2 atom stereocenters. The maximum absolute atomic E-state index is 14.2. The van der Waals surface area contributed by atoms with Gasteiger partial charge in [0.05, 0.1) is 16.7 Å². The molecule has 5 rings (SSSR count).